The van der Waals surface area contributed by atoms with Crippen LogP contribution in [0.5, 0.6) is 0 Å². The summed E-state index contributed by atoms with van der Waals surface area (Å²) in [5.74, 6) is 0.108. The maximum Gasteiger partial charge on any atom is 0.251 e. The second-order valence-corrected chi connectivity index (χ2v) is 8.13. The van der Waals surface area contributed by atoms with Crippen LogP contribution in [-0.4, -0.2) is 53.1 Å². The van der Waals surface area contributed by atoms with Crippen molar-refractivity contribution >= 4 is 5.91 Å². The maximum absolute atomic E-state index is 12.4. The Bertz CT molecular complexity index is 745. The Morgan fingerprint density at radius 2 is 1.44 bits per heavy atom. The van der Waals surface area contributed by atoms with Gasteiger partial charge in [0.1, 0.15) is 11.7 Å². The monoisotopic (exact) mass is 364 g/mol. The van der Waals surface area contributed by atoms with Gasteiger partial charge in [-0.15, -0.1) is 0 Å². The van der Waals surface area contributed by atoms with Crippen LogP contribution in [0.15, 0.2) is 60.7 Å². The van der Waals surface area contributed by atoms with E-state index in [1.165, 1.54) is 11.1 Å². The number of morpholine rings is 1. The van der Waals surface area contributed by atoms with Gasteiger partial charge in [-0.1, -0.05) is 60.7 Å². The number of carbonyl (C=O) groups is 1. The lowest BCUT2D eigenvalue weighted by molar-refractivity contribution is -0.221. The molecule has 0 radical (unpaired) electrons. The van der Waals surface area contributed by atoms with Gasteiger partial charge in [-0.05, 0) is 31.9 Å². The summed E-state index contributed by atoms with van der Waals surface area (Å²) in [5, 5.41) is 0. The number of carbonyl (C=O) groups excluding carboxylic acids is 1. The molecule has 1 amide bonds. The molecule has 2 aliphatic heterocycles. The molecular weight excluding hydrogens is 336 g/mol. The lowest BCUT2D eigenvalue weighted by Crippen LogP contribution is -2.73. The van der Waals surface area contributed by atoms with E-state index in [9.17, 15) is 4.79 Å². The van der Waals surface area contributed by atoms with Crippen LogP contribution in [0.1, 0.15) is 37.9 Å². The molecule has 1 spiro atoms. The Morgan fingerprint density at radius 3 is 1.93 bits per heavy atom. The standard InChI is InChI=1S/C23H28N2O2/c1-17(2)25-16-23(27-18(3)22(25)26)14-24(15-23)21(19-10-6-4-7-11-19)20-12-8-5-9-13-20/h4-13,17-18,21H,14-16H2,1-3H3. The zero-order valence-electron chi connectivity index (χ0n) is 16.3. The van der Waals surface area contributed by atoms with Gasteiger partial charge in [0.25, 0.3) is 5.91 Å². The van der Waals surface area contributed by atoms with Gasteiger partial charge in [0.05, 0.1) is 12.6 Å². The summed E-state index contributed by atoms with van der Waals surface area (Å²) in [4.78, 5) is 16.9. The van der Waals surface area contributed by atoms with E-state index in [-0.39, 0.29) is 29.7 Å². The molecule has 2 fully saturated rings. The molecule has 2 saturated heterocycles. The van der Waals surface area contributed by atoms with Crippen LogP contribution in [0.2, 0.25) is 0 Å². The summed E-state index contributed by atoms with van der Waals surface area (Å²) >= 11 is 0. The van der Waals surface area contributed by atoms with E-state index in [1.807, 2.05) is 11.8 Å². The highest BCUT2D eigenvalue weighted by Gasteiger charge is 2.53. The smallest absolute Gasteiger partial charge is 0.251 e. The first-order valence-electron chi connectivity index (χ1n) is 9.81. The van der Waals surface area contributed by atoms with Gasteiger partial charge in [-0.25, -0.2) is 0 Å². The molecular formula is C23H28N2O2. The Kier molecular flexibility index (Phi) is 4.79. The number of ether oxygens (including phenoxy) is 1. The van der Waals surface area contributed by atoms with Crippen molar-refractivity contribution in [2.75, 3.05) is 19.6 Å². The third-order valence-electron chi connectivity index (χ3n) is 5.72. The van der Waals surface area contributed by atoms with E-state index in [1.54, 1.807) is 0 Å². The van der Waals surface area contributed by atoms with E-state index >= 15 is 0 Å². The molecule has 0 N–H and O–H groups in total. The third-order valence-corrected chi connectivity index (χ3v) is 5.72. The fraction of sp³-hybridized carbons (Fsp3) is 0.435. The van der Waals surface area contributed by atoms with Gasteiger partial charge in [-0.2, -0.15) is 0 Å². The Hall–Kier alpha value is -2.17. The predicted molar refractivity (Wildman–Crippen MR) is 106 cm³/mol. The molecule has 4 nitrogen and oxygen atoms in total. The fourth-order valence-electron chi connectivity index (χ4n) is 4.46. The largest absolute Gasteiger partial charge is 0.358 e. The number of hydrogen-bond acceptors (Lipinski definition) is 3. The van der Waals surface area contributed by atoms with Gasteiger partial charge in [0, 0.05) is 19.1 Å². The van der Waals surface area contributed by atoms with Crippen LogP contribution in [0.4, 0.5) is 0 Å². The number of nitrogens with zero attached hydrogens (tertiary/aromatic N) is 2. The maximum atomic E-state index is 12.4. The van der Waals surface area contributed by atoms with Crippen LogP contribution in [-0.2, 0) is 9.53 Å². The van der Waals surface area contributed by atoms with Crippen molar-refractivity contribution < 1.29 is 9.53 Å². The summed E-state index contributed by atoms with van der Waals surface area (Å²) in [6.45, 7) is 8.39. The third kappa shape index (κ3) is 3.40. The Labute approximate surface area is 161 Å². The minimum Gasteiger partial charge on any atom is -0.358 e. The molecule has 0 aliphatic carbocycles. The lowest BCUT2D eigenvalue weighted by Gasteiger charge is -2.57. The van der Waals surface area contributed by atoms with E-state index < -0.39 is 0 Å². The van der Waals surface area contributed by atoms with Crippen molar-refractivity contribution in [3.8, 4) is 0 Å². The number of hydrogen-bond donors (Lipinski definition) is 0. The molecule has 1 unspecified atom stereocenters. The molecule has 2 aromatic carbocycles. The molecule has 2 aliphatic rings. The molecule has 1 atom stereocenters. The van der Waals surface area contributed by atoms with Crippen LogP contribution in [0.25, 0.3) is 0 Å². The molecule has 4 rings (SSSR count). The van der Waals surface area contributed by atoms with Crippen LogP contribution >= 0.6 is 0 Å². The van der Waals surface area contributed by atoms with Gasteiger partial charge in [0.15, 0.2) is 0 Å². The minimum atomic E-state index is -0.366. The van der Waals surface area contributed by atoms with Crippen molar-refractivity contribution in [1.29, 1.82) is 0 Å². The Balaban J connectivity index is 1.58. The Morgan fingerprint density at radius 1 is 0.926 bits per heavy atom. The summed E-state index contributed by atoms with van der Waals surface area (Å²) < 4.78 is 6.22. The quantitative estimate of drug-likeness (QED) is 0.833. The van der Waals surface area contributed by atoms with E-state index in [0.717, 1.165) is 13.1 Å². The van der Waals surface area contributed by atoms with Gasteiger partial charge in [0.2, 0.25) is 0 Å². The topological polar surface area (TPSA) is 32.8 Å². The number of likely N-dealkylation sites (tertiary alicyclic amines) is 1. The summed E-state index contributed by atoms with van der Waals surface area (Å²) in [5.41, 5.74) is 2.33. The van der Waals surface area contributed by atoms with Crippen LogP contribution in [0, 0.1) is 0 Å². The van der Waals surface area contributed by atoms with E-state index in [0.29, 0.717) is 6.54 Å². The zero-order chi connectivity index (χ0) is 19.0. The van der Waals surface area contributed by atoms with Crippen molar-refractivity contribution in [1.82, 2.24) is 9.80 Å². The first-order chi connectivity index (χ1) is 13.0. The average molecular weight is 364 g/mol. The van der Waals surface area contributed by atoms with Crippen molar-refractivity contribution in [2.45, 2.75) is 44.6 Å². The van der Waals surface area contributed by atoms with E-state index in [4.69, 9.17) is 4.74 Å². The first kappa shape index (κ1) is 18.2. The molecule has 2 aromatic rings. The molecule has 2 heterocycles. The molecule has 4 heteroatoms. The zero-order valence-corrected chi connectivity index (χ0v) is 16.3. The number of rotatable bonds is 4. The van der Waals surface area contributed by atoms with Crippen molar-refractivity contribution in [3.63, 3.8) is 0 Å². The molecule has 0 saturated carbocycles. The van der Waals surface area contributed by atoms with Crippen LogP contribution < -0.4 is 0 Å². The lowest BCUT2D eigenvalue weighted by atomic mass is 9.85. The highest BCUT2D eigenvalue weighted by molar-refractivity contribution is 5.81. The number of amides is 1. The van der Waals surface area contributed by atoms with Gasteiger partial charge >= 0.3 is 0 Å². The molecule has 142 valence electrons. The second-order valence-electron chi connectivity index (χ2n) is 8.13. The molecule has 27 heavy (non-hydrogen) atoms. The van der Waals surface area contributed by atoms with E-state index in [2.05, 4.69) is 79.4 Å². The van der Waals surface area contributed by atoms with Gasteiger partial charge in [-0.3, -0.25) is 9.69 Å². The number of benzene rings is 2. The highest BCUT2D eigenvalue weighted by atomic mass is 16.5. The van der Waals surface area contributed by atoms with Crippen LogP contribution in [0.3, 0.4) is 0 Å². The normalized spacial score (nSPS) is 22.5. The summed E-state index contributed by atoms with van der Waals surface area (Å²) in [6.07, 6.45) is -0.366. The summed E-state index contributed by atoms with van der Waals surface area (Å²) in [7, 11) is 0. The molecule has 0 aromatic heterocycles. The molecule has 0 bridgehead atoms. The highest BCUT2D eigenvalue weighted by Crippen LogP contribution is 2.40. The van der Waals surface area contributed by atoms with Crippen molar-refractivity contribution in [2.24, 2.45) is 0 Å². The first-order valence-corrected chi connectivity index (χ1v) is 9.81. The second kappa shape index (κ2) is 7.10. The SMILES string of the molecule is CC1OC2(CN(C(c3ccccc3)c3ccccc3)C2)CN(C(C)C)C1=O. The fourth-order valence-corrected chi connectivity index (χ4v) is 4.46. The minimum absolute atomic E-state index is 0.108. The van der Waals surface area contributed by atoms with Crippen molar-refractivity contribution in [3.05, 3.63) is 71.8 Å². The van der Waals surface area contributed by atoms with Gasteiger partial charge < -0.3 is 9.64 Å². The predicted octanol–water partition coefficient (Wildman–Crippen LogP) is 3.49. The summed E-state index contributed by atoms with van der Waals surface area (Å²) in [6, 6.07) is 21.7. The average Bonchev–Trinajstić information content (AvgIpc) is 2.65.